The first-order valence-corrected chi connectivity index (χ1v) is 13.7. The summed E-state index contributed by atoms with van der Waals surface area (Å²) in [5, 5.41) is 10.3. The summed E-state index contributed by atoms with van der Waals surface area (Å²) in [4.78, 5) is 17.6. The van der Waals surface area contributed by atoms with E-state index in [4.69, 9.17) is 9.47 Å². The summed E-state index contributed by atoms with van der Waals surface area (Å²) in [6.45, 7) is 11.7. The number of hydrogen-bond donors (Lipinski definition) is 0. The number of nitrogens with zero attached hydrogens (tertiary/aromatic N) is 3. The van der Waals surface area contributed by atoms with Crippen molar-refractivity contribution in [3.8, 4) is 11.8 Å². The quantitative estimate of drug-likeness (QED) is 0.506. The van der Waals surface area contributed by atoms with Crippen LogP contribution in [0.2, 0.25) is 0 Å². The van der Waals surface area contributed by atoms with E-state index in [1.54, 1.807) is 0 Å². The lowest BCUT2D eigenvalue weighted by Crippen LogP contribution is -2.57. The van der Waals surface area contributed by atoms with Crippen molar-refractivity contribution in [3.63, 3.8) is 0 Å². The van der Waals surface area contributed by atoms with Crippen LogP contribution in [0, 0.1) is 17.2 Å². The fraction of sp³-hybridized carbons (Fsp3) is 0.548. The van der Waals surface area contributed by atoms with Gasteiger partial charge in [0.25, 0.3) is 0 Å². The van der Waals surface area contributed by atoms with Crippen molar-refractivity contribution in [1.29, 1.82) is 5.26 Å². The number of para-hydroxylation sites is 1. The van der Waals surface area contributed by atoms with Gasteiger partial charge in [-0.15, -0.1) is 0 Å². The van der Waals surface area contributed by atoms with Crippen LogP contribution in [0.5, 0.6) is 5.75 Å². The molecule has 1 saturated heterocycles. The minimum atomic E-state index is -0.272. The molecule has 0 bridgehead atoms. The van der Waals surface area contributed by atoms with Crippen LogP contribution in [0.1, 0.15) is 75.1 Å². The molecule has 1 amide bonds. The molecule has 196 valence electrons. The van der Waals surface area contributed by atoms with Gasteiger partial charge >= 0.3 is 0 Å². The van der Waals surface area contributed by atoms with Gasteiger partial charge in [-0.2, -0.15) is 5.26 Å². The van der Waals surface area contributed by atoms with E-state index in [9.17, 15) is 10.1 Å². The number of ether oxygens (including phenoxy) is 2. The maximum atomic E-state index is 13.2. The van der Waals surface area contributed by atoms with E-state index in [2.05, 4.69) is 44.7 Å². The first-order chi connectivity index (χ1) is 17.8. The van der Waals surface area contributed by atoms with E-state index in [0.29, 0.717) is 38.0 Å². The average molecular weight is 502 g/mol. The normalized spacial score (nSPS) is 20.9. The molecule has 2 heterocycles. The summed E-state index contributed by atoms with van der Waals surface area (Å²) in [6, 6.07) is 14.6. The number of carbonyl (C=O) groups excluding carboxylic acids is 1. The highest BCUT2D eigenvalue weighted by molar-refractivity contribution is 5.77. The Hall–Kier alpha value is -3.04. The number of hydrogen-bond acceptors (Lipinski definition) is 5. The smallest absolute Gasteiger partial charge is 0.226 e. The highest BCUT2D eigenvalue weighted by Gasteiger charge is 2.38. The van der Waals surface area contributed by atoms with Crippen LogP contribution >= 0.6 is 0 Å². The zero-order chi connectivity index (χ0) is 26.2. The summed E-state index contributed by atoms with van der Waals surface area (Å²) in [5.41, 5.74) is 5.37. The fourth-order valence-corrected chi connectivity index (χ4v) is 5.85. The van der Waals surface area contributed by atoms with E-state index in [0.717, 1.165) is 36.5 Å². The second-order valence-electron chi connectivity index (χ2n) is 11.7. The van der Waals surface area contributed by atoms with Gasteiger partial charge in [0.1, 0.15) is 11.8 Å². The van der Waals surface area contributed by atoms with Gasteiger partial charge in [0, 0.05) is 26.1 Å². The Morgan fingerprint density at radius 2 is 1.95 bits per heavy atom. The molecule has 3 aliphatic rings. The molecule has 0 aromatic heterocycles. The van der Waals surface area contributed by atoms with E-state index < -0.39 is 0 Å². The summed E-state index contributed by atoms with van der Waals surface area (Å²) in [6.07, 6.45) is 3.54. The third-order valence-electron chi connectivity index (χ3n) is 8.08. The molecule has 6 heteroatoms. The van der Waals surface area contributed by atoms with Gasteiger partial charge in [0.05, 0.1) is 42.5 Å². The zero-order valence-corrected chi connectivity index (χ0v) is 22.6. The van der Waals surface area contributed by atoms with Crippen LogP contribution < -0.4 is 9.64 Å². The number of nitriles is 1. The van der Waals surface area contributed by atoms with Crippen molar-refractivity contribution in [2.75, 3.05) is 31.1 Å². The van der Waals surface area contributed by atoms with E-state index in [-0.39, 0.29) is 17.6 Å². The third kappa shape index (κ3) is 5.48. The van der Waals surface area contributed by atoms with Crippen LogP contribution in [-0.2, 0) is 22.6 Å². The third-order valence-corrected chi connectivity index (χ3v) is 8.08. The zero-order valence-electron chi connectivity index (χ0n) is 22.6. The molecule has 6 nitrogen and oxygen atoms in total. The molecular formula is C31H39N3O3. The Kier molecular flexibility index (Phi) is 7.18. The number of anilines is 1. The molecule has 1 aliphatic carbocycles. The molecule has 37 heavy (non-hydrogen) atoms. The second kappa shape index (κ2) is 10.4. The molecule has 0 N–H and O–H groups in total. The maximum absolute atomic E-state index is 13.2. The summed E-state index contributed by atoms with van der Waals surface area (Å²) in [5.74, 6) is 1.81. The molecule has 0 spiro atoms. The lowest BCUT2D eigenvalue weighted by Gasteiger charge is -2.45. The number of piperazine rings is 1. The number of carbonyl (C=O) groups is 1. The van der Waals surface area contributed by atoms with E-state index in [1.165, 1.54) is 29.5 Å². The largest absolute Gasteiger partial charge is 0.493 e. The first-order valence-electron chi connectivity index (χ1n) is 13.7. The summed E-state index contributed by atoms with van der Waals surface area (Å²) >= 11 is 0. The Morgan fingerprint density at radius 1 is 1.19 bits per heavy atom. The number of benzene rings is 2. The van der Waals surface area contributed by atoms with Crippen LogP contribution in [0.4, 0.5) is 5.69 Å². The van der Waals surface area contributed by atoms with Crippen LogP contribution in [0.3, 0.4) is 0 Å². The van der Waals surface area contributed by atoms with E-state index in [1.807, 2.05) is 35.2 Å². The highest BCUT2D eigenvalue weighted by Crippen LogP contribution is 2.47. The topological polar surface area (TPSA) is 65.8 Å². The van der Waals surface area contributed by atoms with Gasteiger partial charge in [0.15, 0.2) is 0 Å². The van der Waals surface area contributed by atoms with Crippen LogP contribution in [-0.4, -0.2) is 48.7 Å². The molecule has 1 atom stereocenters. The van der Waals surface area contributed by atoms with Crippen molar-refractivity contribution in [2.45, 2.75) is 77.5 Å². The van der Waals surface area contributed by atoms with Crippen molar-refractivity contribution in [1.82, 2.24) is 4.90 Å². The molecule has 2 aromatic carbocycles. The number of amides is 1. The van der Waals surface area contributed by atoms with Crippen molar-refractivity contribution in [2.24, 2.45) is 5.92 Å². The molecule has 2 fully saturated rings. The van der Waals surface area contributed by atoms with E-state index >= 15 is 0 Å². The highest BCUT2D eigenvalue weighted by atomic mass is 16.5. The van der Waals surface area contributed by atoms with Gasteiger partial charge in [-0.25, -0.2) is 0 Å². The predicted octanol–water partition coefficient (Wildman–Crippen LogP) is 5.43. The predicted molar refractivity (Wildman–Crippen MR) is 145 cm³/mol. The SMILES string of the molecule is CC(C)C1CN(c2cc(C3CC3)c3c(c2C#N)CC(C)(C)OC3)CCN1C(=O)CCOc1ccccc1. The number of fused-ring (bicyclic) bond motifs is 1. The first kappa shape index (κ1) is 25.6. The number of rotatable bonds is 7. The standard InChI is InChI=1S/C31H39N3O3/c1-21(2)29-19-33(13-14-34(29)30(35)12-15-36-23-8-6-5-7-9-23)28-16-24(22-10-11-22)27-20-37-31(3,4)17-25(27)26(28)18-32/h5-9,16,21-22,29H,10-15,17,19-20H2,1-4H3. The minimum absolute atomic E-state index is 0.0877. The molecule has 2 aliphatic heterocycles. The van der Waals surface area contributed by atoms with Gasteiger partial charge in [0.2, 0.25) is 5.91 Å². The van der Waals surface area contributed by atoms with Crippen molar-refractivity contribution < 1.29 is 14.3 Å². The lowest BCUT2D eigenvalue weighted by atomic mass is 9.83. The van der Waals surface area contributed by atoms with Gasteiger partial charge in [-0.05, 0) is 73.4 Å². The Balaban J connectivity index is 1.36. The molecule has 0 radical (unpaired) electrons. The van der Waals surface area contributed by atoms with Crippen molar-refractivity contribution in [3.05, 3.63) is 58.7 Å². The second-order valence-corrected chi connectivity index (χ2v) is 11.7. The van der Waals surface area contributed by atoms with Gasteiger partial charge < -0.3 is 19.3 Å². The Labute approximate surface area is 221 Å². The van der Waals surface area contributed by atoms with Gasteiger partial charge in [-0.3, -0.25) is 4.79 Å². The Morgan fingerprint density at radius 3 is 2.62 bits per heavy atom. The lowest BCUT2D eigenvalue weighted by molar-refractivity contribution is -0.135. The molecule has 1 unspecified atom stereocenters. The minimum Gasteiger partial charge on any atom is -0.493 e. The summed E-state index contributed by atoms with van der Waals surface area (Å²) < 4.78 is 12.0. The molecule has 5 rings (SSSR count). The monoisotopic (exact) mass is 501 g/mol. The molecule has 2 aromatic rings. The maximum Gasteiger partial charge on any atom is 0.226 e. The molecule has 1 saturated carbocycles. The summed E-state index contributed by atoms with van der Waals surface area (Å²) in [7, 11) is 0. The average Bonchev–Trinajstić information content (AvgIpc) is 3.73. The van der Waals surface area contributed by atoms with Gasteiger partial charge in [-0.1, -0.05) is 32.0 Å². The Bertz CT molecular complexity index is 1180. The van der Waals surface area contributed by atoms with Crippen LogP contribution in [0.15, 0.2) is 36.4 Å². The van der Waals surface area contributed by atoms with Crippen LogP contribution in [0.25, 0.3) is 0 Å². The molecular weight excluding hydrogens is 462 g/mol. The fourth-order valence-electron chi connectivity index (χ4n) is 5.85. The van der Waals surface area contributed by atoms with Crippen molar-refractivity contribution >= 4 is 11.6 Å².